The van der Waals surface area contributed by atoms with Crippen molar-refractivity contribution >= 4 is 24.3 Å². The van der Waals surface area contributed by atoms with E-state index in [1.54, 1.807) is 0 Å². The Labute approximate surface area is 107 Å². The van der Waals surface area contributed by atoms with Crippen LogP contribution in [0.1, 0.15) is 19.2 Å². The number of morpholine rings is 1. The highest BCUT2D eigenvalue weighted by molar-refractivity contribution is 5.85. The fraction of sp³-hybridized carbons (Fsp3) is 0.700. The molecule has 1 saturated heterocycles. The Morgan fingerprint density at radius 3 is 2.59 bits per heavy atom. The van der Waals surface area contributed by atoms with Crippen LogP contribution in [0.15, 0.2) is 0 Å². The number of ether oxygens (including phenoxy) is 1. The molecule has 7 heteroatoms. The summed E-state index contributed by atoms with van der Waals surface area (Å²) in [6.07, 6.45) is 1.84. The first-order valence-electron chi connectivity index (χ1n) is 5.62. The third-order valence-electron chi connectivity index (χ3n) is 2.45. The van der Waals surface area contributed by atoms with E-state index in [1.165, 1.54) is 0 Å². The highest BCUT2D eigenvalue weighted by Gasteiger charge is 2.15. The molecule has 0 aliphatic carbocycles. The van der Waals surface area contributed by atoms with Crippen molar-refractivity contribution in [3.05, 3.63) is 5.82 Å². The molecule has 1 aromatic heterocycles. The minimum Gasteiger partial charge on any atom is -0.378 e. The predicted molar refractivity (Wildman–Crippen MR) is 68.5 cm³/mol. The lowest BCUT2D eigenvalue weighted by Crippen LogP contribution is -2.37. The van der Waals surface area contributed by atoms with Crippen molar-refractivity contribution in [2.24, 2.45) is 0 Å². The van der Waals surface area contributed by atoms with E-state index in [4.69, 9.17) is 10.5 Å². The Bertz CT molecular complexity index is 357. The Hall–Kier alpha value is -1.14. The SMILES string of the molecule is CCCc1nc(N)nc(N2CCOCC2)n1.Cl. The fourth-order valence-corrected chi connectivity index (χ4v) is 1.67. The molecule has 1 fully saturated rings. The van der Waals surface area contributed by atoms with Crippen LogP contribution in [0, 0.1) is 0 Å². The zero-order valence-corrected chi connectivity index (χ0v) is 10.7. The molecule has 0 amide bonds. The number of hydrogen-bond donors (Lipinski definition) is 1. The standard InChI is InChI=1S/C10H17N5O.ClH/c1-2-3-8-12-9(11)14-10(13-8)15-4-6-16-7-5-15;/h2-7H2,1H3,(H2,11,12,13,14);1H. The Balaban J connectivity index is 0.00000144. The molecule has 1 aliphatic heterocycles. The second-order valence-electron chi connectivity index (χ2n) is 3.76. The average molecular weight is 260 g/mol. The maximum Gasteiger partial charge on any atom is 0.230 e. The van der Waals surface area contributed by atoms with Crippen molar-refractivity contribution in [2.75, 3.05) is 36.9 Å². The summed E-state index contributed by atoms with van der Waals surface area (Å²) >= 11 is 0. The van der Waals surface area contributed by atoms with Crippen molar-refractivity contribution in [3.63, 3.8) is 0 Å². The van der Waals surface area contributed by atoms with Gasteiger partial charge in [-0.3, -0.25) is 0 Å². The van der Waals surface area contributed by atoms with Crippen LogP contribution in [0.5, 0.6) is 0 Å². The van der Waals surface area contributed by atoms with Gasteiger partial charge in [-0.05, 0) is 6.42 Å². The highest BCUT2D eigenvalue weighted by Crippen LogP contribution is 2.11. The lowest BCUT2D eigenvalue weighted by atomic mass is 10.3. The normalized spacial score (nSPS) is 15.5. The van der Waals surface area contributed by atoms with Crippen LogP contribution in [-0.4, -0.2) is 41.3 Å². The van der Waals surface area contributed by atoms with E-state index in [1.807, 2.05) is 0 Å². The largest absolute Gasteiger partial charge is 0.378 e. The Kier molecular flexibility index (Phi) is 5.37. The molecule has 0 bridgehead atoms. The summed E-state index contributed by atoms with van der Waals surface area (Å²) in [6.45, 7) is 5.15. The van der Waals surface area contributed by atoms with Gasteiger partial charge in [0.25, 0.3) is 0 Å². The average Bonchev–Trinajstić information content (AvgIpc) is 2.30. The number of aromatic nitrogens is 3. The molecule has 0 unspecified atom stereocenters. The molecule has 1 aromatic rings. The molecular formula is C10H18ClN5O. The molecule has 2 rings (SSSR count). The van der Waals surface area contributed by atoms with E-state index >= 15 is 0 Å². The lowest BCUT2D eigenvalue weighted by molar-refractivity contribution is 0.122. The zero-order chi connectivity index (χ0) is 11.4. The van der Waals surface area contributed by atoms with Gasteiger partial charge in [-0.2, -0.15) is 15.0 Å². The first kappa shape index (κ1) is 13.9. The summed E-state index contributed by atoms with van der Waals surface area (Å²) in [5, 5.41) is 0. The number of rotatable bonds is 3. The van der Waals surface area contributed by atoms with Gasteiger partial charge in [0.2, 0.25) is 11.9 Å². The zero-order valence-electron chi connectivity index (χ0n) is 9.93. The maximum absolute atomic E-state index is 5.68. The molecule has 0 spiro atoms. The number of hydrogen-bond acceptors (Lipinski definition) is 6. The van der Waals surface area contributed by atoms with Crippen molar-refractivity contribution in [3.8, 4) is 0 Å². The monoisotopic (exact) mass is 259 g/mol. The summed E-state index contributed by atoms with van der Waals surface area (Å²) in [5.74, 6) is 1.76. The van der Waals surface area contributed by atoms with Crippen LogP contribution in [0.4, 0.5) is 11.9 Å². The van der Waals surface area contributed by atoms with Gasteiger partial charge in [-0.15, -0.1) is 12.4 Å². The van der Waals surface area contributed by atoms with E-state index in [2.05, 4.69) is 26.8 Å². The van der Waals surface area contributed by atoms with Gasteiger partial charge < -0.3 is 15.4 Å². The predicted octanol–water partition coefficient (Wildman–Crippen LogP) is 0.665. The van der Waals surface area contributed by atoms with Crippen LogP contribution in [0.2, 0.25) is 0 Å². The Morgan fingerprint density at radius 1 is 1.24 bits per heavy atom. The minimum atomic E-state index is 0. The molecule has 0 aromatic carbocycles. The van der Waals surface area contributed by atoms with Gasteiger partial charge in [0.1, 0.15) is 5.82 Å². The molecule has 2 N–H and O–H groups in total. The number of anilines is 2. The van der Waals surface area contributed by atoms with Gasteiger partial charge in [-0.25, -0.2) is 0 Å². The van der Waals surface area contributed by atoms with E-state index in [-0.39, 0.29) is 12.4 Å². The van der Waals surface area contributed by atoms with E-state index in [0.29, 0.717) is 25.1 Å². The maximum atomic E-state index is 5.68. The van der Waals surface area contributed by atoms with Crippen molar-refractivity contribution in [2.45, 2.75) is 19.8 Å². The number of nitrogen functional groups attached to an aromatic ring is 1. The summed E-state index contributed by atoms with van der Waals surface area (Å²) in [6, 6.07) is 0. The van der Waals surface area contributed by atoms with E-state index in [0.717, 1.165) is 31.8 Å². The molecule has 96 valence electrons. The quantitative estimate of drug-likeness (QED) is 0.860. The fourth-order valence-electron chi connectivity index (χ4n) is 1.67. The number of halogens is 1. The first-order chi connectivity index (χ1) is 7.79. The van der Waals surface area contributed by atoms with Crippen LogP contribution in [-0.2, 0) is 11.2 Å². The van der Waals surface area contributed by atoms with Crippen LogP contribution < -0.4 is 10.6 Å². The molecule has 1 aliphatic rings. The molecule has 0 radical (unpaired) electrons. The Morgan fingerprint density at radius 2 is 1.94 bits per heavy atom. The summed E-state index contributed by atoms with van der Waals surface area (Å²) in [7, 11) is 0. The van der Waals surface area contributed by atoms with Crippen LogP contribution in [0.25, 0.3) is 0 Å². The van der Waals surface area contributed by atoms with Gasteiger partial charge >= 0.3 is 0 Å². The second-order valence-corrected chi connectivity index (χ2v) is 3.76. The first-order valence-corrected chi connectivity index (χ1v) is 5.62. The summed E-state index contributed by atoms with van der Waals surface area (Å²) < 4.78 is 5.29. The molecule has 0 saturated carbocycles. The van der Waals surface area contributed by atoms with Crippen LogP contribution in [0.3, 0.4) is 0 Å². The van der Waals surface area contributed by atoms with Crippen molar-refractivity contribution in [1.29, 1.82) is 0 Å². The van der Waals surface area contributed by atoms with Crippen molar-refractivity contribution in [1.82, 2.24) is 15.0 Å². The third kappa shape index (κ3) is 3.67. The van der Waals surface area contributed by atoms with Crippen molar-refractivity contribution < 1.29 is 4.74 Å². The number of nitrogens with zero attached hydrogens (tertiary/aromatic N) is 4. The van der Waals surface area contributed by atoms with Crippen LogP contribution >= 0.6 is 12.4 Å². The van der Waals surface area contributed by atoms with Gasteiger partial charge in [0, 0.05) is 19.5 Å². The lowest BCUT2D eigenvalue weighted by Gasteiger charge is -2.26. The van der Waals surface area contributed by atoms with E-state index in [9.17, 15) is 0 Å². The molecule has 0 atom stereocenters. The molecule has 17 heavy (non-hydrogen) atoms. The summed E-state index contributed by atoms with van der Waals surface area (Å²) in [5.41, 5.74) is 5.68. The highest BCUT2D eigenvalue weighted by atomic mass is 35.5. The molecule has 6 nitrogen and oxygen atoms in total. The molecular weight excluding hydrogens is 242 g/mol. The van der Waals surface area contributed by atoms with Gasteiger partial charge in [-0.1, -0.05) is 6.92 Å². The van der Waals surface area contributed by atoms with Gasteiger partial charge in [0.15, 0.2) is 0 Å². The topological polar surface area (TPSA) is 77.2 Å². The molecule has 2 heterocycles. The van der Waals surface area contributed by atoms with Gasteiger partial charge in [0.05, 0.1) is 13.2 Å². The number of aryl methyl sites for hydroxylation is 1. The smallest absolute Gasteiger partial charge is 0.230 e. The number of nitrogens with two attached hydrogens (primary N) is 1. The second kappa shape index (κ2) is 6.56. The minimum absolute atomic E-state index is 0. The summed E-state index contributed by atoms with van der Waals surface area (Å²) in [4.78, 5) is 14.8. The third-order valence-corrected chi connectivity index (χ3v) is 2.45. The van der Waals surface area contributed by atoms with E-state index < -0.39 is 0 Å².